The second-order valence-electron chi connectivity index (χ2n) is 5.45. The molecule has 0 aliphatic carbocycles. The maximum atomic E-state index is 12.7. The fourth-order valence-electron chi connectivity index (χ4n) is 2.17. The topological polar surface area (TPSA) is 58.2 Å². The van der Waals surface area contributed by atoms with Gasteiger partial charge in [-0.2, -0.15) is 13.2 Å². The normalized spacial score (nSPS) is 11.1. The van der Waals surface area contributed by atoms with Crippen LogP contribution < -0.4 is 10.6 Å². The molecule has 0 saturated heterocycles. The molecule has 0 radical (unpaired) electrons. The summed E-state index contributed by atoms with van der Waals surface area (Å²) in [5, 5.41) is 5.05. The molecule has 8 heteroatoms. The number of hydrogen-bond donors (Lipinski definition) is 2. The molecule has 0 saturated carbocycles. The van der Waals surface area contributed by atoms with Crippen LogP contribution in [0.3, 0.4) is 0 Å². The highest BCUT2D eigenvalue weighted by Crippen LogP contribution is 2.30. The van der Waals surface area contributed by atoms with Gasteiger partial charge in [-0.3, -0.25) is 9.59 Å². The summed E-state index contributed by atoms with van der Waals surface area (Å²) in [6.45, 7) is 0. The molecule has 0 aliphatic heterocycles. The molecular formula is C18H16ClF3N2O2. The Morgan fingerprint density at radius 1 is 0.962 bits per heavy atom. The van der Waals surface area contributed by atoms with Gasteiger partial charge in [-0.15, -0.1) is 11.6 Å². The highest BCUT2D eigenvalue weighted by Gasteiger charge is 2.30. The fourth-order valence-corrected chi connectivity index (χ4v) is 2.30. The van der Waals surface area contributed by atoms with E-state index in [-0.39, 0.29) is 23.6 Å². The van der Waals surface area contributed by atoms with Crippen molar-refractivity contribution in [2.45, 2.75) is 19.0 Å². The monoisotopic (exact) mass is 384 g/mol. The quantitative estimate of drug-likeness (QED) is 0.695. The predicted octanol–water partition coefficient (Wildman–Crippen LogP) is 4.92. The first-order valence-electron chi connectivity index (χ1n) is 7.74. The number of nitrogens with one attached hydrogen (secondary N) is 2. The SMILES string of the molecule is O=C(CCCCl)Nc1cccc(C(=O)Nc2cccc(C(F)(F)F)c2)c1. The van der Waals surface area contributed by atoms with Gasteiger partial charge in [0.25, 0.3) is 5.91 Å². The van der Waals surface area contributed by atoms with Crippen LogP contribution in [0.2, 0.25) is 0 Å². The van der Waals surface area contributed by atoms with Crippen molar-refractivity contribution in [3.8, 4) is 0 Å². The Hall–Kier alpha value is -2.54. The molecule has 0 bridgehead atoms. The summed E-state index contributed by atoms with van der Waals surface area (Å²) in [5.74, 6) is -0.449. The van der Waals surface area contributed by atoms with E-state index in [0.717, 1.165) is 12.1 Å². The Bertz CT molecular complexity index is 794. The Morgan fingerprint density at radius 3 is 2.27 bits per heavy atom. The van der Waals surface area contributed by atoms with E-state index in [0.29, 0.717) is 18.0 Å². The summed E-state index contributed by atoms with van der Waals surface area (Å²) in [7, 11) is 0. The van der Waals surface area contributed by atoms with Crippen molar-refractivity contribution in [2.75, 3.05) is 16.5 Å². The van der Waals surface area contributed by atoms with Crippen LogP contribution in [-0.4, -0.2) is 17.7 Å². The zero-order chi connectivity index (χ0) is 19.2. The van der Waals surface area contributed by atoms with Crippen molar-refractivity contribution >= 4 is 34.8 Å². The van der Waals surface area contributed by atoms with Crippen LogP contribution in [0.4, 0.5) is 24.5 Å². The van der Waals surface area contributed by atoms with Crippen molar-refractivity contribution in [2.24, 2.45) is 0 Å². The molecule has 26 heavy (non-hydrogen) atoms. The number of carbonyl (C=O) groups excluding carboxylic acids is 2. The molecule has 0 atom stereocenters. The predicted molar refractivity (Wildman–Crippen MR) is 94.4 cm³/mol. The zero-order valence-electron chi connectivity index (χ0n) is 13.6. The highest BCUT2D eigenvalue weighted by molar-refractivity contribution is 6.18. The average molecular weight is 385 g/mol. The number of benzene rings is 2. The Balaban J connectivity index is 2.08. The van der Waals surface area contributed by atoms with E-state index in [1.807, 2.05) is 0 Å². The molecule has 2 aromatic rings. The molecular weight excluding hydrogens is 369 g/mol. The first-order chi connectivity index (χ1) is 12.3. The van der Waals surface area contributed by atoms with Crippen LogP contribution >= 0.6 is 11.6 Å². The molecule has 0 aromatic heterocycles. The molecule has 0 unspecified atom stereocenters. The smallest absolute Gasteiger partial charge is 0.326 e. The number of halogens is 4. The lowest BCUT2D eigenvalue weighted by atomic mass is 10.1. The lowest BCUT2D eigenvalue weighted by Crippen LogP contribution is -2.15. The first-order valence-corrected chi connectivity index (χ1v) is 8.27. The van der Waals surface area contributed by atoms with Crippen LogP contribution in [0.1, 0.15) is 28.8 Å². The third-order valence-corrected chi connectivity index (χ3v) is 3.66. The second kappa shape index (κ2) is 8.71. The minimum Gasteiger partial charge on any atom is -0.326 e. The van der Waals surface area contributed by atoms with E-state index >= 15 is 0 Å². The standard InChI is InChI=1S/C18H16ClF3N2O2/c19-9-3-8-16(25)23-14-6-1-4-12(10-14)17(26)24-15-7-2-5-13(11-15)18(20,21)22/h1-2,4-7,10-11H,3,8-9H2,(H,23,25)(H,24,26). The van der Waals surface area contributed by atoms with Crippen LogP contribution in [0.5, 0.6) is 0 Å². The van der Waals surface area contributed by atoms with E-state index in [1.165, 1.54) is 24.3 Å². The average Bonchev–Trinajstić information content (AvgIpc) is 2.59. The fraction of sp³-hybridized carbons (Fsp3) is 0.222. The first kappa shape index (κ1) is 19.8. The minimum atomic E-state index is -4.49. The van der Waals surface area contributed by atoms with Crippen LogP contribution in [0.15, 0.2) is 48.5 Å². The molecule has 0 heterocycles. The Kier molecular flexibility index (Phi) is 6.63. The second-order valence-corrected chi connectivity index (χ2v) is 5.83. The molecule has 138 valence electrons. The molecule has 0 aliphatic rings. The van der Waals surface area contributed by atoms with Crippen molar-refractivity contribution in [3.05, 3.63) is 59.7 Å². The van der Waals surface area contributed by atoms with Gasteiger partial charge >= 0.3 is 6.18 Å². The molecule has 0 spiro atoms. The summed E-state index contributed by atoms with van der Waals surface area (Å²) in [5.41, 5.74) is -0.198. The summed E-state index contributed by atoms with van der Waals surface area (Å²) >= 11 is 5.53. The number of anilines is 2. The van der Waals surface area contributed by atoms with Crippen molar-refractivity contribution < 1.29 is 22.8 Å². The number of rotatable bonds is 6. The molecule has 2 amide bonds. The lowest BCUT2D eigenvalue weighted by molar-refractivity contribution is -0.137. The minimum absolute atomic E-state index is 0.0291. The van der Waals surface area contributed by atoms with E-state index in [2.05, 4.69) is 10.6 Å². The molecule has 4 nitrogen and oxygen atoms in total. The van der Waals surface area contributed by atoms with E-state index in [9.17, 15) is 22.8 Å². The third-order valence-electron chi connectivity index (χ3n) is 3.39. The number of carbonyl (C=O) groups is 2. The van der Waals surface area contributed by atoms with Crippen LogP contribution in [-0.2, 0) is 11.0 Å². The van der Waals surface area contributed by atoms with Crippen molar-refractivity contribution in [1.82, 2.24) is 0 Å². The van der Waals surface area contributed by atoms with Gasteiger partial charge in [0.05, 0.1) is 5.56 Å². The highest BCUT2D eigenvalue weighted by atomic mass is 35.5. The molecule has 0 fully saturated rings. The van der Waals surface area contributed by atoms with Gasteiger partial charge in [0.1, 0.15) is 0 Å². The molecule has 2 rings (SSSR count). The van der Waals surface area contributed by atoms with Gasteiger partial charge < -0.3 is 10.6 Å². The largest absolute Gasteiger partial charge is 0.416 e. The van der Waals surface area contributed by atoms with Crippen molar-refractivity contribution in [3.63, 3.8) is 0 Å². The Labute approximate surface area is 153 Å². The lowest BCUT2D eigenvalue weighted by Gasteiger charge is -2.11. The van der Waals surface area contributed by atoms with Gasteiger partial charge in [-0.25, -0.2) is 0 Å². The summed E-state index contributed by atoms with van der Waals surface area (Å²) < 4.78 is 38.2. The van der Waals surface area contributed by atoms with Gasteiger partial charge in [-0.05, 0) is 42.8 Å². The molecule has 2 aromatic carbocycles. The third kappa shape index (κ3) is 5.77. The number of alkyl halides is 4. The van der Waals surface area contributed by atoms with Crippen LogP contribution in [0.25, 0.3) is 0 Å². The van der Waals surface area contributed by atoms with Crippen molar-refractivity contribution in [1.29, 1.82) is 0 Å². The number of hydrogen-bond acceptors (Lipinski definition) is 2. The summed E-state index contributed by atoms with van der Waals surface area (Å²) in [6.07, 6.45) is -3.71. The Morgan fingerprint density at radius 2 is 1.62 bits per heavy atom. The maximum absolute atomic E-state index is 12.7. The van der Waals surface area contributed by atoms with Gasteiger partial charge in [0, 0.05) is 29.2 Å². The van der Waals surface area contributed by atoms with E-state index in [1.54, 1.807) is 12.1 Å². The molecule has 2 N–H and O–H groups in total. The van der Waals surface area contributed by atoms with Gasteiger partial charge in [0.15, 0.2) is 0 Å². The van der Waals surface area contributed by atoms with E-state index in [4.69, 9.17) is 11.6 Å². The van der Waals surface area contributed by atoms with E-state index < -0.39 is 17.6 Å². The van der Waals surface area contributed by atoms with Crippen LogP contribution in [0, 0.1) is 0 Å². The van der Waals surface area contributed by atoms with Gasteiger partial charge in [0.2, 0.25) is 5.91 Å². The summed E-state index contributed by atoms with van der Waals surface area (Å²) in [6, 6.07) is 10.5. The van der Waals surface area contributed by atoms with Gasteiger partial charge in [-0.1, -0.05) is 12.1 Å². The zero-order valence-corrected chi connectivity index (χ0v) is 14.3. The maximum Gasteiger partial charge on any atom is 0.416 e. The number of amides is 2. The summed E-state index contributed by atoms with van der Waals surface area (Å²) in [4.78, 5) is 24.0.